The smallest absolute Gasteiger partial charge is 0.153 e. The Morgan fingerprint density at radius 2 is 1.71 bits per heavy atom. The monoisotopic (exact) mass is 227 g/mol. The van der Waals surface area contributed by atoms with Crippen molar-refractivity contribution in [1.29, 1.82) is 0 Å². The first-order valence-electron chi connectivity index (χ1n) is 5.67. The fourth-order valence-corrected chi connectivity index (χ4v) is 1.92. The second-order valence-corrected chi connectivity index (χ2v) is 4.42. The molecule has 0 aliphatic rings. The predicted molar refractivity (Wildman–Crippen MR) is 71.6 cm³/mol. The zero-order valence-electron chi connectivity index (χ0n) is 10.4. The second kappa shape index (κ2) is 4.50. The minimum absolute atomic E-state index is 0.684. The first-order chi connectivity index (χ1) is 8.06. The van der Waals surface area contributed by atoms with Gasteiger partial charge in [0.05, 0.1) is 5.69 Å². The Hall–Kier alpha value is -1.96. The lowest BCUT2D eigenvalue weighted by atomic mass is 10.1. The maximum Gasteiger partial charge on any atom is 0.153 e. The molecule has 0 heterocycles. The van der Waals surface area contributed by atoms with Gasteiger partial charge in [-0.25, -0.2) is 0 Å². The fourth-order valence-electron chi connectivity index (χ4n) is 1.92. The molecule has 2 rings (SSSR count). The van der Waals surface area contributed by atoms with Crippen molar-refractivity contribution >= 4 is 5.69 Å². The van der Waals surface area contributed by atoms with E-state index in [4.69, 9.17) is 10.5 Å². The lowest BCUT2D eigenvalue weighted by Crippen LogP contribution is -1.96. The molecule has 0 atom stereocenters. The Morgan fingerprint density at radius 3 is 2.35 bits per heavy atom. The van der Waals surface area contributed by atoms with E-state index in [2.05, 4.69) is 6.07 Å². The maximum absolute atomic E-state index is 5.98. The molecule has 0 spiro atoms. The molecule has 0 unspecified atom stereocenters. The highest BCUT2D eigenvalue weighted by molar-refractivity contribution is 5.59. The van der Waals surface area contributed by atoms with Gasteiger partial charge >= 0.3 is 0 Å². The third kappa shape index (κ3) is 2.59. The van der Waals surface area contributed by atoms with E-state index in [0.717, 1.165) is 22.6 Å². The second-order valence-electron chi connectivity index (χ2n) is 4.42. The van der Waals surface area contributed by atoms with Gasteiger partial charge in [0.1, 0.15) is 5.75 Å². The van der Waals surface area contributed by atoms with Crippen molar-refractivity contribution in [3.05, 3.63) is 53.1 Å². The molecule has 17 heavy (non-hydrogen) atoms. The summed E-state index contributed by atoms with van der Waals surface area (Å²) < 4.78 is 5.85. The Labute approximate surface area is 102 Å². The van der Waals surface area contributed by atoms with E-state index >= 15 is 0 Å². The highest BCUT2D eigenvalue weighted by Crippen LogP contribution is 2.32. The molecule has 0 saturated carbocycles. The van der Waals surface area contributed by atoms with Gasteiger partial charge in [-0.1, -0.05) is 18.2 Å². The lowest BCUT2D eigenvalue weighted by molar-refractivity contribution is 0.481. The third-order valence-corrected chi connectivity index (χ3v) is 2.66. The van der Waals surface area contributed by atoms with Crippen molar-refractivity contribution in [2.45, 2.75) is 20.8 Å². The Morgan fingerprint density at radius 1 is 0.941 bits per heavy atom. The van der Waals surface area contributed by atoms with Crippen LogP contribution in [0.5, 0.6) is 11.5 Å². The number of anilines is 1. The first kappa shape index (κ1) is 11.5. The van der Waals surface area contributed by atoms with E-state index in [0.29, 0.717) is 5.69 Å². The van der Waals surface area contributed by atoms with Gasteiger partial charge in [0.15, 0.2) is 5.75 Å². The largest absolute Gasteiger partial charge is 0.455 e. The third-order valence-electron chi connectivity index (χ3n) is 2.66. The van der Waals surface area contributed by atoms with Gasteiger partial charge in [-0.2, -0.15) is 0 Å². The van der Waals surface area contributed by atoms with Gasteiger partial charge in [-0.15, -0.1) is 0 Å². The van der Waals surface area contributed by atoms with Crippen molar-refractivity contribution in [3.8, 4) is 11.5 Å². The molecule has 0 aromatic heterocycles. The number of nitrogens with two attached hydrogens (primary N) is 1. The molecule has 0 aliphatic carbocycles. The number of rotatable bonds is 2. The standard InChI is InChI=1S/C15H17NO/c1-10-5-4-6-13(8-10)17-15-12(3)7-11(2)9-14(15)16/h4-9H,16H2,1-3H3. The van der Waals surface area contributed by atoms with Gasteiger partial charge in [0, 0.05) is 0 Å². The Bertz CT molecular complexity index is 523. The zero-order chi connectivity index (χ0) is 12.4. The van der Waals surface area contributed by atoms with Crippen molar-refractivity contribution in [2.75, 3.05) is 5.73 Å². The summed E-state index contributed by atoms with van der Waals surface area (Å²) in [7, 11) is 0. The van der Waals surface area contributed by atoms with Gasteiger partial charge in [-0.3, -0.25) is 0 Å². The van der Waals surface area contributed by atoms with E-state index in [1.165, 1.54) is 5.56 Å². The van der Waals surface area contributed by atoms with Crippen LogP contribution in [0.1, 0.15) is 16.7 Å². The number of benzene rings is 2. The van der Waals surface area contributed by atoms with Crippen LogP contribution in [-0.4, -0.2) is 0 Å². The molecule has 0 saturated heterocycles. The van der Waals surface area contributed by atoms with Gasteiger partial charge in [-0.05, 0) is 55.7 Å². The number of ether oxygens (including phenoxy) is 1. The average Bonchev–Trinajstić information content (AvgIpc) is 2.23. The number of nitrogen functional groups attached to an aromatic ring is 1. The van der Waals surface area contributed by atoms with Crippen LogP contribution in [-0.2, 0) is 0 Å². The lowest BCUT2D eigenvalue weighted by Gasteiger charge is -2.12. The summed E-state index contributed by atoms with van der Waals surface area (Å²) in [5, 5.41) is 0. The van der Waals surface area contributed by atoms with Crippen LogP contribution >= 0.6 is 0 Å². The summed E-state index contributed by atoms with van der Waals surface area (Å²) in [6, 6.07) is 12.0. The van der Waals surface area contributed by atoms with Crippen LogP contribution in [0, 0.1) is 20.8 Å². The SMILES string of the molecule is Cc1cccc(Oc2c(C)cc(C)cc2N)c1. The van der Waals surface area contributed by atoms with E-state index in [1.54, 1.807) is 0 Å². The van der Waals surface area contributed by atoms with E-state index in [9.17, 15) is 0 Å². The normalized spacial score (nSPS) is 10.3. The highest BCUT2D eigenvalue weighted by Gasteiger charge is 2.07. The molecule has 0 aliphatic heterocycles. The summed E-state index contributed by atoms with van der Waals surface area (Å²) in [6.45, 7) is 6.08. The first-order valence-corrected chi connectivity index (χ1v) is 5.67. The van der Waals surface area contributed by atoms with E-state index in [-0.39, 0.29) is 0 Å². The average molecular weight is 227 g/mol. The Kier molecular flexibility index (Phi) is 3.05. The summed E-state index contributed by atoms with van der Waals surface area (Å²) in [4.78, 5) is 0. The van der Waals surface area contributed by atoms with Crippen molar-refractivity contribution in [3.63, 3.8) is 0 Å². The molecular weight excluding hydrogens is 210 g/mol. The van der Waals surface area contributed by atoms with Crippen LogP contribution in [0.4, 0.5) is 5.69 Å². The maximum atomic E-state index is 5.98. The molecule has 2 aromatic carbocycles. The van der Waals surface area contributed by atoms with Gasteiger partial charge in [0.25, 0.3) is 0 Å². The summed E-state index contributed by atoms with van der Waals surface area (Å²) >= 11 is 0. The number of hydrogen-bond donors (Lipinski definition) is 1. The fraction of sp³-hybridized carbons (Fsp3) is 0.200. The molecule has 2 aromatic rings. The number of aryl methyl sites for hydroxylation is 3. The molecule has 0 amide bonds. The highest BCUT2D eigenvalue weighted by atomic mass is 16.5. The molecule has 88 valence electrons. The summed E-state index contributed by atoms with van der Waals surface area (Å²) in [5.74, 6) is 1.57. The van der Waals surface area contributed by atoms with Crippen LogP contribution in [0.15, 0.2) is 36.4 Å². The topological polar surface area (TPSA) is 35.2 Å². The number of hydrogen-bond acceptors (Lipinski definition) is 2. The molecule has 2 N–H and O–H groups in total. The van der Waals surface area contributed by atoms with Crippen LogP contribution in [0.2, 0.25) is 0 Å². The van der Waals surface area contributed by atoms with Crippen LogP contribution in [0.3, 0.4) is 0 Å². The Balaban J connectivity index is 2.36. The van der Waals surface area contributed by atoms with Crippen molar-refractivity contribution in [2.24, 2.45) is 0 Å². The van der Waals surface area contributed by atoms with Crippen LogP contribution < -0.4 is 10.5 Å². The molecule has 0 radical (unpaired) electrons. The molecule has 2 nitrogen and oxygen atoms in total. The molecule has 0 bridgehead atoms. The van der Waals surface area contributed by atoms with Gasteiger partial charge < -0.3 is 10.5 Å². The van der Waals surface area contributed by atoms with Crippen molar-refractivity contribution in [1.82, 2.24) is 0 Å². The molecule has 0 fully saturated rings. The van der Waals surface area contributed by atoms with E-state index in [1.807, 2.05) is 51.1 Å². The van der Waals surface area contributed by atoms with Crippen LogP contribution in [0.25, 0.3) is 0 Å². The predicted octanol–water partition coefficient (Wildman–Crippen LogP) is 3.99. The zero-order valence-corrected chi connectivity index (χ0v) is 10.4. The molecular formula is C15H17NO. The van der Waals surface area contributed by atoms with Crippen molar-refractivity contribution < 1.29 is 4.74 Å². The quantitative estimate of drug-likeness (QED) is 0.787. The minimum Gasteiger partial charge on any atom is -0.455 e. The summed E-state index contributed by atoms with van der Waals surface area (Å²) in [6.07, 6.45) is 0. The minimum atomic E-state index is 0.684. The van der Waals surface area contributed by atoms with Gasteiger partial charge in [0.2, 0.25) is 0 Å². The summed E-state index contributed by atoms with van der Waals surface area (Å²) in [5.41, 5.74) is 10.0. The molecule has 2 heteroatoms. The van der Waals surface area contributed by atoms with E-state index < -0.39 is 0 Å².